The topological polar surface area (TPSA) is 55.2 Å². The molecule has 5 nitrogen and oxygen atoms in total. The molecule has 0 aliphatic heterocycles. The Morgan fingerprint density at radius 1 is 0.943 bits per heavy atom. The monoisotopic (exact) mass is 481 g/mol. The zero-order valence-electron chi connectivity index (χ0n) is 19.5. The van der Waals surface area contributed by atoms with Gasteiger partial charge in [-0.15, -0.1) is 0 Å². The summed E-state index contributed by atoms with van der Waals surface area (Å²) in [6.45, 7) is 1.99. The summed E-state index contributed by atoms with van der Waals surface area (Å²) in [5.41, 5.74) is 1.62. The Balaban J connectivity index is 1.69. The molecule has 1 unspecified atom stereocenters. The largest absolute Gasteiger partial charge is 0.331 e. The molecule has 1 amide bonds. The van der Waals surface area contributed by atoms with Gasteiger partial charge in [-0.1, -0.05) is 73.1 Å². The molecule has 5 rings (SSSR count). The molecule has 0 N–H and O–H groups in total. The molecule has 0 radical (unpaired) electrons. The molecule has 0 saturated heterocycles. The molecule has 4 aromatic carbocycles. The number of rotatable bonds is 5. The molecule has 1 heterocycles. The number of amides is 1. The van der Waals surface area contributed by atoms with Gasteiger partial charge in [0.25, 0.3) is 11.5 Å². The molecule has 174 valence electrons. The van der Waals surface area contributed by atoms with Gasteiger partial charge in [0, 0.05) is 17.6 Å². The summed E-state index contributed by atoms with van der Waals surface area (Å²) < 4.78 is 1.58. The lowest BCUT2D eigenvalue weighted by atomic mass is 10.0. The fourth-order valence-electron chi connectivity index (χ4n) is 4.61. The summed E-state index contributed by atoms with van der Waals surface area (Å²) in [6, 6.07) is 27.5. The molecule has 0 spiro atoms. The van der Waals surface area contributed by atoms with Crippen LogP contribution in [-0.4, -0.2) is 27.4 Å². The van der Waals surface area contributed by atoms with Gasteiger partial charge in [-0.3, -0.25) is 14.2 Å². The van der Waals surface area contributed by atoms with Gasteiger partial charge in [-0.2, -0.15) is 0 Å². The van der Waals surface area contributed by atoms with Crippen molar-refractivity contribution in [2.45, 2.75) is 19.4 Å². The van der Waals surface area contributed by atoms with E-state index in [0.717, 1.165) is 10.8 Å². The third-order valence-electron chi connectivity index (χ3n) is 6.36. The first-order chi connectivity index (χ1) is 17.0. The van der Waals surface area contributed by atoms with Crippen LogP contribution in [0.1, 0.15) is 35.6 Å². The Hall–Kier alpha value is -3.96. The van der Waals surface area contributed by atoms with E-state index in [4.69, 9.17) is 16.6 Å². The number of aromatic nitrogens is 2. The van der Waals surface area contributed by atoms with Crippen LogP contribution in [0.4, 0.5) is 0 Å². The number of hydrogen-bond donors (Lipinski definition) is 0. The number of carbonyl (C=O) groups excluding carboxylic acids is 1. The van der Waals surface area contributed by atoms with Crippen LogP contribution in [0.2, 0.25) is 5.02 Å². The van der Waals surface area contributed by atoms with Crippen molar-refractivity contribution in [2.75, 3.05) is 7.05 Å². The van der Waals surface area contributed by atoms with Crippen molar-refractivity contribution in [3.05, 3.63) is 118 Å². The fraction of sp³-hybridized carbons (Fsp3) is 0.138. The van der Waals surface area contributed by atoms with Crippen molar-refractivity contribution in [3.63, 3.8) is 0 Å². The zero-order chi connectivity index (χ0) is 24.5. The van der Waals surface area contributed by atoms with E-state index in [0.29, 0.717) is 39.4 Å². The van der Waals surface area contributed by atoms with Crippen molar-refractivity contribution < 1.29 is 4.79 Å². The van der Waals surface area contributed by atoms with Gasteiger partial charge in [0.1, 0.15) is 5.82 Å². The molecule has 0 aliphatic carbocycles. The molecule has 1 aromatic heterocycles. The Morgan fingerprint density at radius 3 is 2.40 bits per heavy atom. The van der Waals surface area contributed by atoms with E-state index in [1.807, 2.05) is 73.7 Å². The summed E-state index contributed by atoms with van der Waals surface area (Å²) in [4.78, 5) is 34.0. The van der Waals surface area contributed by atoms with Crippen LogP contribution in [0.15, 0.2) is 95.8 Å². The van der Waals surface area contributed by atoms with Crippen molar-refractivity contribution in [3.8, 4) is 5.69 Å². The van der Waals surface area contributed by atoms with Crippen LogP contribution in [-0.2, 0) is 0 Å². The second kappa shape index (κ2) is 9.35. The summed E-state index contributed by atoms with van der Waals surface area (Å²) in [5, 5.41) is 2.91. The van der Waals surface area contributed by atoms with Crippen LogP contribution < -0.4 is 5.56 Å². The van der Waals surface area contributed by atoms with Gasteiger partial charge in [-0.25, -0.2) is 4.98 Å². The maximum atomic E-state index is 13.8. The van der Waals surface area contributed by atoms with Crippen LogP contribution >= 0.6 is 11.6 Å². The van der Waals surface area contributed by atoms with E-state index in [1.54, 1.807) is 40.8 Å². The first-order valence-corrected chi connectivity index (χ1v) is 11.9. The SMILES string of the molecule is CCC(c1nc2ccccc2c(=O)n1-c1cccc(Cl)c1)N(C)C(=O)c1cccc2ccccc12. The van der Waals surface area contributed by atoms with Crippen LogP contribution in [0.3, 0.4) is 0 Å². The first kappa shape index (κ1) is 22.8. The van der Waals surface area contributed by atoms with Gasteiger partial charge in [0.05, 0.1) is 22.6 Å². The number of halogens is 1. The highest BCUT2D eigenvalue weighted by molar-refractivity contribution is 6.30. The number of carbonyl (C=O) groups is 1. The summed E-state index contributed by atoms with van der Waals surface area (Å²) in [5.74, 6) is 0.364. The van der Waals surface area contributed by atoms with Gasteiger partial charge in [0.15, 0.2) is 0 Å². The number of hydrogen-bond acceptors (Lipinski definition) is 3. The maximum Gasteiger partial charge on any atom is 0.266 e. The predicted molar refractivity (Wildman–Crippen MR) is 141 cm³/mol. The normalized spacial score (nSPS) is 12.1. The van der Waals surface area contributed by atoms with E-state index in [-0.39, 0.29) is 11.5 Å². The Kier molecular flexibility index (Phi) is 6.10. The third kappa shape index (κ3) is 4.08. The van der Waals surface area contributed by atoms with E-state index in [9.17, 15) is 9.59 Å². The molecule has 6 heteroatoms. The van der Waals surface area contributed by atoms with Gasteiger partial charge < -0.3 is 4.90 Å². The second-order valence-electron chi connectivity index (χ2n) is 8.47. The second-order valence-corrected chi connectivity index (χ2v) is 8.91. The molecule has 0 aliphatic rings. The smallest absolute Gasteiger partial charge is 0.266 e. The van der Waals surface area contributed by atoms with Crippen LogP contribution in [0.5, 0.6) is 0 Å². The lowest BCUT2D eigenvalue weighted by Crippen LogP contribution is -2.36. The first-order valence-electron chi connectivity index (χ1n) is 11.5. The molecule has 5 aromatic rings. The number of benzene rings is 4. The minimum absolute atomic E-state index is 0.131. The van der Waals surface area contributed by atoms with Gasteiger partial charge in [-0.05, 0) is 53.6 Å². The molecular weight excluding hydrogens is 458 g/mol. The molecule has 1 atom stereocenters. The van der Waals surface area contributed by atoms with E-state index in [2.05, 4.69) is 0 Å². The lowest BCUT2D eigenvalue weighted by Gasteiger charge is -2.29. The zero-order valence-corrected chi connectivity index (χ0v) is 20.2. The van der Waals surface area contributed by atoms with E-state index >= 15 is 0 Å². The van der Waals surface area contributed by atoms with Crippen molar-refractivity contribution >= 4 is 39.2 Å². The van der Waals surface area contributed by atoms with Crippen molar-refractivity contribution in [2.24, 2.45) is 0 Å². The summed E-state index contributed by atoms with van der Waals surface area (Å²) in [7, 11) is 1.77. The lowest BCUT2D eigenvalue weighted by molar-refractivity contribution is 0.0719. The standard InChI is InChI=1S/C29H24ClN3O2/c1-3-26(32(2)28(34)23-16-8-11-19-10-4-5-14-22(19)23)27-31-25-17-7-6-15-24(25)29(35)33(27)21-13-9-12-20(30)18-21/h4-18,26H,3H2,1-2H3. The number of nitrogens with zero attached hydrogens (tertiary/aromatic N) is 3. The molecule has 0 saturated carbocycles. The molecule has 0 bridgehead atoms. The minimum Gasteiger partial charge on any atom is -0.331 e. The molecule has 35 heavy (non-hydrogen) atoms. The Labute approximate surface area is 208 Å². The Morgan fingerprint density at radius 2 is 1.63 bits per heavy atom. The van der Waals surface area contributed by atoms with Crippen LogP contribution in [0, 0.1) is 0 Å². The summed E-state index contributed by atoms with van der Waals surface area (Å²) >= 11 is 6.28. The molecular formula is C29H24ClN3O2. The number of para-hydroxylation sites is 1. The van der Waals surface area contributed by atoms with Crippen LogP contribution in [0.25, 0.3) is 27.4 Å². The van der Waals surface area contributed by atoms with E-state index < -0.39 is 6.04 Å². The predicted octanol–water partition coefficient (Wildman–Crippen LogP) is 6.42. The minimum atomic E-state index is -0.447. The maximum absolute atomic E-state index is 13.8. The Bertz CT molecular complexity index is 1620. The fourth-order valence-corrected chi connectivity index (χ4v) is 4.80. The quantitative estimate of drug-likeness (QED) is 0.291. The highest BCUT2D eigenvalue weighted by Gasteiger charge is 2.28. The van der Waals surface area contributed by atoms with Gasteiger partial charge >= 0.3 is 0 Å². The summed E-state index contributed by atoms with van der Waals surface area (Å²) in [6.07, 6.45) is 0.568. The average Bonchev–Trinajstić information content (AvgIpc) is 2.88. The van der Waals surface area contributed by atoms with Gasteiger partial charge in [0.2, 0.25) is 0 Å². The highest BCUT2D eigenvalue weighted by Crippen LogP contribution is 2.28. The number of fused-ring (bicyclic) bond motifs is 2. The third-order valence-corrected chi connectivity index (χ3v) is 6.60. The van der Waals surface area contributed by atoms with E-state index in [1.165, 1.54) is 0 Å². The molecule has 0 fully saturated rings. The van der Waals surface area contributed by atoms with Crippen molar-refractivity contribution in [1.29, 1.82) is 0 Å². The van der Waals surface area contributed by atoms with Crippen molar-refractivity contribution in [1.82, 2.24) is 14.5 Å². The highest BCUT2D eigenvalue weighted by atomic mass is 35.5. The average molecular weight is 482 g/mol.